The molecule has 0 saturated heterocycles. The summed E-state index contributed by atoms with van der Waals surface area (Å²) in [6.45, 7) is 6.55. The van der Waals surface area contributed by atoms with Crippen LogP contribution in [0.2, 0.25) is 0 Å². The lowest BCUT2D eigenvalue weighted by Gasteiger charge is -2.20. The zero-order valence-electron chi connectivity index (χ0n) is 12.9. The van der Waals surface area contributed by atoms with Crippen molar-refractivity contribution in [1.29, 1.82) is 0 Å². The molecule has 0 aliphatic rings. The van der Waals surface area contributed by atoms with Crippen LogP contribution in [0.4, 0.5) is 0 Å². The normalized spacial score (nSPS) is 12.2. The molecular formula is C16H24N2O3. The zero-order valence-corrected chi connectivity index (χ0v) is 12.9. The van der Waals surface area contributed by atoms with Crippen LogP contribution in [0.15, 0.2) is 18.3 Å². The van der Waals surface area contributed by atoms with E-state index in [2.05, 4.69) is 24.1 Å². The SMILES string of the molecule is Cc1cccnc1C(=O)NCCC(CCC(=O)O)C(C)C. The molecule has 1 aromatic heterocycles. The quantitative estimate of drug-likeness (QED) is 0.772. The molecule has 1 atom stereocenters. The van der Waals surface area contributed by atoms with Crippen LogP contribution in [-0.4, -0.2) is 28.5 Å². The molecular weight excluding hydrogens is 268 g/mol. The van der Waals surface area contributed by atoms with Gasteiger partial charge < -0.3 is 10.4 Å². The number of aryl methyl sites for hydroxylation is 1. The maximum absolute atomic E-state index is 12.0. The van der Waals surface area contributed by atoms with E-state index in [-0.39, 0.29) is 12.3 Å². The molecule has 116 valence electrons. The number of carboxylic acid groups (broad SMARTS) is 1. The number of hydrogen-bond acceptors (Lipinski definition) is 3. The number of amides is 1. The van der Waals surface area contributed by atoms with Crippen LogP contribution in [0, 0.1) is 18.8 Å². The molecule has 1 unspecified atom stereocenters. The molecule has 1 amide bonds. The number of carbonyl (C=O) groups is 2. The number of aliphatic carboxylic acids is 1. The molecule has 0 spiro atoms. The molecule has 5 nitrogen and oxygen atoms in total. The molecule has 1 rings (SSSR count). The Kier molecular flexibility index (Phi) is 6.85. The summed E-state index contributed by atoms with van der Waals surface area (Å²) in [6.07, 6.45) is 3.20. The highest BCUT2D eigenvalue weighted by Gasteiger charge is 2.16. The Morgan fingerprint density at radius 1 is 1.33 bits per heavy atom. The van der Waals surface area contributed by atoms with Gasteiger partial charge in [0.2, 0.25) is 0 Å². The number of pyridine rings is 1. The molecule has 1 heterocycles. The molecule has 0 aromatic carbocycles. The third-order valence-electron chi connectivity index (χ3n) is 3.70. The number of carbonyl (C=O) groups excluding carboxylic acids is 1. The van der Waals surface area contributed by atoms with E-state index < -0.39 is 5.97 Å². The van der Waals surface area contributed by atoms with E-state index in [0.717, 1.165) is 12.0 Å². The van der Waals surface area contributed by atoms with Gasteiger partial charge in [-0.25, -0.2) is 0 Å². The van der Waals surface area contributed by atoms with E-state index in [1.807, 2.05) is 13.0 Å². The smallest absolute Gasteiger partial charge is 0.303 e. The third kappa shape index (κ3) is 5.94. The van der Waals surface area contributed by atoms with Crippen molar-refractivity contribution in [3.8, 4) is 0 Å². The molecule has 0 aliphatic carbocycles. The van der Waals surface area contributed by atoms with Crippen molar-refractivity contribution >= 4 is 11.9 Å². The van der Waals surface area contributed by atoms with Crippen LogP contribution in [0.5, 0.6) is 0 Å². The average molecular weight is 292 g/mol. The second-order valence-corrected chi connectivity index (χ2v) is 5.65. The number of aromatic nitrogens is 1. The first-order valence-corrected chi connectivity index (χ1v) is 7.33. The Labute approximate surface area is 125 Å². The lowest BCUT2D eigenvalue weighted by Crippen LogP contribution is -2.28. The molecule has 1 aromatic rings. The highest BCUT2D eigenvalue weighted by molar-refractivity contribution is 5.93. The van der Waals surface area contributed by atoms with E-state index in [4.69, 9.17) is 5.11 Å². The van der Waals surface area contributed by atoms with Crippen molar-refractivity contribution in [2.24, 2.45) is 11.8 Å². The minimum Gasteiger partial charge on any atom is -0.481 e. The summed E-state index contributed by atoms with van der Waals surface area (Å²) < 4.78 is 0. The van der Waals surface area contributed by atoms with Crippen molar-refractivity contribution < 1.29 is 14.7 Å². The summed E-state index contributed by atoms with van der Waals surface area (Å²) in [5, 5.41) is 11.6. The van der Waals surface area contributed by atoms with Crippen molar-refractivity contribution in [1.82, 2.24) is 10.3 Å². The fraction of sp³-hybridized carbons (Fsp3) is 0.562. The number of nitrogens with one attached hydrogen (secondary N) is 1. The van der Waals surface area contributed by atoms with Crippen LogP contribution in [-0.2, 0) is 4.79 Å². The Bertz CT molecular complexity index is 486. The minimum absolute atomic E-state index is 0.172. The van der Waals surface area contributed by atoms with Crippen molar-refractivity contribution in [2.75, 3.05) is 6.54 Å². The highest BCUT2D eigenvalue weighted by atomic mass is 16.4. The van der Waals surface area contributed by atoms with Gasteiger partial charge in [-0.15, -0.1) is 0 Å². The average Bonchev–Trinajstić information content (AvgIpc) is 2.42. The molecule has 0 fully saturated rings. The molecule has 0 saturated carbocycles. The first-order valence-electron chi connectivity index (χ1n) is 7.33. The van der Waals surface area contributed by atoms with Crippen LogP contribution in [0.3, 0.4) is 0 Å². The number of nitrogens with zero attached hydrogens (tertiary/aromatic N) is 1. The fourth-order valence-electron chi connectivity index (χ4n) is 2.30. The van der Waals surface area contributed by atoms with Crippen molar-refractivity contribution in [2.45, 2.75) is 40.0 Å². The van der Waals surface area contributed by atoms with Gasteiger partial charge in [0.25, 0.3) is 5.91 Å². The van der Waals surface area contributed by atoms with Gasteiger partial charge in [-0.1, -0.05) is 19.9 Å². The molecule has 21 heavy (non-hydrogen) atoms. The Balaban J connectivity index is 2.45. The predicted molar refractivity (Wildman–Crippen MR) is 81.1 cm³/mol. The molecule has 0 radical (unpaired) electrons. The largest absolute Gasteiger partial charge is 0.481 e. The Morgan fingerprint density at radius 2 is 2.05 bits per heavy atom. The van der Waals surface area contributed by atoms with Crippen LogP contribution < -0.4 is 5.32 Å². The van der Waals surface area contributed by atoms with Gasteiger partial charge in [-0.05, 0) is 43.2 Å². The van der Waals surface area contributed by atoms with Gasteiger partial charge in [0.1, 0.15) is 5.69 Å². The number of rotatable bonds is 8. The van der Waals surface area contributed by atoms with Gasteiger partial charge in [-0.2, -0.15) is 0 Å². The Morgan fingerprint density at radius 3 is 2.62 bits per heavy atom. The predicted octanol–water partition coefficient (Wildman–Crippen LogP) is 2.65. The summed E-state index contributed by atoms with van der Waals surface area (Å²) in [6, 6.07) is 3.65. The minimum atomic E-state index is -0.770. The summed E-state index contributed by atoms with van der Waals surface area (Å²) in [5.74, 6) is -0.244. The molecule has 0 bridgehead atoms. The van der Waals surface area contributed by atoms with Gasteiger partial charge in [0.05, 0.1) is 0 Å². The summed E-state index contributed by atoms with van der Waals surface area (Å²) in [5.41, 5.74) is 1.30. The van der Waals surface area contributed by atoms with E-state index in [1.165, 1.54) is 0 Å². The third-order valence-corrected chi connectivity index (χ3v) is 3.70. The zero-order chi connectivity index (χ0) is 15.8. The van der Waals surface area contributed by atoms with Crippen molar-refractivity contribution in [3.05, 3.63) is 29.6 Å². The van der Waals surface area contributed by atoms with Crippen LogP contribution >= 0.6 is 0 Å². The number of hydrogen-bond donors (Lipinski definition) is 2. The highest BCUT2D eigenvalue weighted by Crippen LogP contribution is 2.20. The van der Waals surface area contributed by atoms with Crippen LogP contribution in [0.25, 0.3) is 0 Å². The standard InChI is InChI=1S/C16H24N2O3/c1-11(2)13(6-7-14(19)20)8-10-18-16(21)15-12(3)5-4-9-17-15/h4-5,9,11,13H,6-8,10H2,1-3H3,(H,18,21)(H,19,20). The molecule has 2 N–H and O–H groups in total. The molecule has 5 heteroatoms. The van der Waals surface area contributed by atoms with E-state index in [1.54, 1.807) is 12.3 Å². The van der Waals surface area contributed by atoms with Gasteiger partial charge in [0.15, 0.2) is 0 Å². The number of carboxylic acids is 1. The summed E-state index contributed by atoms with van der Waals surface area (Å²) in [4.78, 5) is 26.7. The van der Waals surface area contributed by atoms with Crippen LogP contribution in [0.1, 0.15) is 49.2 Å². The van der Waals surface area contributed by atoms with E-state index >= 15 is 0 Å². The maximum atomic E-state index is 12.0. The van der Waals surface area contributed by atoms with Gasteiger partial charge >= 0.3 is 5.97 Å². The van der Waals surface area contributed by atoms with Crippen molar-refractivity contribution in [3.63, 3.8) is 0 Å². The first kappa shape index (κ1) is 17.1. The maximum Gasteiger partial charge on any atom is 0.303 e. The monoisotopic (exact) mass is 292 g/mol. The second kappa shape index (κ2) is 8.39. The topological polar surface area (TPSA) is 79.3 Å². The van der Waals surface area contributed by atoms with E-state index in [9.17, 15) is 9.59 Å². The lowest BCUT2D eigenvalue weighted by molar-refractivity contribution is -0.137. The van der Waals surface area contributed by atoms with Gasteiger partial charge in [-0.3, -0.25) is 14.6 Å². The molecule has 0 aliphatic heterocycles. The lowest BCUT2D eigenvalue weighted by atomic mass is 9.88. The summed E-state index contributed by atoms with van der Waals surface area (Å²) in [7, 11) is 0. The Hall–Kier alpha value is -1.91. The first-order chi connectivity index (χ1) is 9.91. The second-order valence-electron chi connectivity index (χ2n) is 5.65. The van der Waals surface area contributed by atoms with Gasteiger partial charge in [0, 0.05) is 19.2 Å². The van der Waals surface area contributed by atoms with E-state index in [0.29, 0.717) is 30.5 Å². The summed E-state index contributed by atoms with van der Waals surface area (Å²) >= 11 is 0. The fourth-order valence-corrected chi connectivity index (χ4v) is 2.30.